The van der Waals surface area contributed by atoms with Crippen molar-refractivity contribution >= 4 is 18.1 Å². The van der Waals surface area contributed by atoms with E-state index in [1.165, 1.54) is 19.3 Å². The first-order valence-corrected chi connectivity index (χ1v) is 11.0. The predicted octanol–water partition coefficient (Wildman–Crippen LogP) is 3.31. The Morgan fingerprint density at radius 3 is 2.41 bits per heavy atom. The highest BCUT2D eigenvalue weighted by molar-refractivity contribution is 5.89. The van der Waals surface area contributed by atoms with E-state index in [0.717, 1.165) is 43.8 Å². The van der Waals surface area contributed by atoms with E-state index in [1.807, 2.05) is 0 Å². The average molecular weight is 377 g/mol. The molecule has 27 heavy (non-hydrogen) atoms. The lowest BCUT2D eigenvalue weighted by molar-refractivity contribution is -0.139. The summed E-state index contributed by atoms with van der Waals surface area (Å²) in [5.74, 6) is 2.45. The molecule has 2 aliphatic heterocycles. The summed E-state index contributed by atoms with van der Waals surface area (Å²) in [4.78, 5) is 39.0. The fourth-order valence-electron chi connectivity index (χ4n) is 4.95. The maximum Gasteiger partial charge on any atom is 0.243 e. The van der Waals surface area contributed by atoms with Crippen LogP contribution in [0.3, 0.4) is 0 Å². The van der Waals surface area contributed by atoms with E-state index in [2.05, 4.69) is 19.2 Å². The summed E-state index contributed by atoms with van der Waals surface area (Å²) in [5, 5.41) is 2.92. The number of hydrogen-bond acceptors (Lipinski definition) is 3. The molecule has 5 heteroatoms. The van der Waals surface area contributed by atoms with Gasteiger partial charge in [0, 0.05) is 13.0 Å². The second kappa shape index (κ2) is 9.20. The van der Waals surface area contributed by atoms with Gasteiger partial charge in [0.25, 0.3) is 0 Å². The molecule has 1 aliphatic carbocycles. The lowest BCUT2D eigenvalue weighted by atomic mass is 9.93. The molecule has 3 fully saturated rings. The summed E-state index contributed by atoms with van der Waals surface area (Å²) < 4.78 is 0. The van der Waals surface area contributed by atoms with Crippen LogP contribution in [0.4, 0.5) is 0 Å². The molecule has 1 saturated carbocycles. The quantitative estimate of drug-likeness (QED) is 0.752. The summed E-state index contributed by atoms with van der Waals surface area (Å²) in [6, 6.07) is -0.830. The van der Waals surface area contributed by atoms with Crippen molar-refractivity contribution in [2.75, 3.05) is 6.54 Å². The summed E-state index contributed by atoms with van der Waals surface area (Å²) in [6.07, 6.45) is 10.9. The van der Waals surface area contributed by atoms with Crippen LogP contribution in [0.1, 0.15) is 78.1 Å². The number of hydrogen-bond donors (Lipinski definition) is 1. The van der Waals surface area contributed by atoms with Gasteiger partial charge in [-0.15, -0.1) is 0 Å². The van der Waals surface area contributed by atoms with Gasteiger partial charge in [-0.1, -0.05) is 39.5 Å². The second-order valence-electron chi connectivity index (χ2n) is 9.34. The van der Waals surface area contributed by atoms with Crippen LogP contribution >= 0.6 is 0 Å². The SMILES string of the molecule is CC(C)C1C[C@H]2C(=O)N[C@H](C=O)CCCCCC3CC3CCCC(=O)N2C1. The highest BCUT2D eigenvalue weighted by Gasteiger charge is 2.41. The van der Waals surface area contributed by atoms with E-state index in [-0.39, 0.29) is 11.8 Å². The third kappa shape index (κ3) is 5.32. The lowest BCUT2D eigenvalue weighted by Crippen LogP contribution is -2.49. The van der Waals surface area contributed by atoms with Gasteiger partial charge in [0.15, 0.2) is 0 Å². The molecule has 2 saturated heterocycles. The Bertz CT molecular complexity index is 548. The van der Waals surface area contributed by atoms with Gasteiger partial charge in [0.1, 0.15) is 12.3 Å². The van der Waals surface area contributed by atoms with Gasteiger partial charge in [0.05, 0.1) is 6.04 Å². The minimum Gasteiger partial charge on any atom is -0.345 e. The second-order valence-corrected chi connectivity index (χ2v) is 9.34. The van der Waals surface area contributed by atoms with Crippen molar-refractivity contribution in [2.45, 2.75) is 90.1 Å². The molecule has 3 aliphatic rings. The molecule has 0 bridgehead atoms. The van der Waals surface area contributed by atoms with Crippen molar-refractivity contribution in [2.24, 2.45) is 23.7 Å². The van der Waals surface area contributed by atoms with Gasteiger partial charge in [-0.05, 0) is 55.8 Å². The zero-order valence-electron chi connectivity index (χ0n) is 17.0. The summed E-state index contributed by atoms with van der Waals surface area (Å²) >= 11 is 0. The van der Waals surface area contributed by atoms with Crippen LogP contribution in [-0.2, 0) is 14.4 Å². The minimum atomic E-state index is -0.422. The Labute approximate surface area is 163 Å². The Morgan fingerprint density at radius 2 is 1.70 bits per heavy atom. The van der Waals surface area contributed by atoms with Gasteiger partial charge in [0.2, 0.25) is 11.8 Å². The van der Waals surface area contributed by atoms with Crippen LogP contribution < -0.4 is 5.32 Å². The highest BCUT2D eigenvalue weighted by Crippen LogP contribution is 2.45. The van der Waals surface area contributed by atoms with Crippen LogP contribution in [0, 0.1) is 23.7 Å². The monoisotopic (exact) mass is 376 g/mol. The molecule has 0 aromatic heterocycles. The molecule has 0 aromatic rings. The first-order chi connectivity index (χ1) is 13.0. The zero-order chi connectivity index (χ0) is 19.4. The Balaban J connectivity index is 1.68. The molecule has 0 aromatic carbocycles. The number of nitrogens with one attached hydrogen (secondary N) is 1. The van der Waals surface area contributed by atoms with E-state index in [9.17, 15) is 14.4 Å². The van der Waals surface area contributed by atoms with E-state index >= 15 is 0 Å². The van der Waals surface area contributed by atoms with Crippen molar-refractivity contribution in [1.29, 1.82) is 0 Å². The first kappa shape index (κ1) is 20.3. The van der Waals surface area contributed by atoms with E-state index in [1.54, 1.807) is 4.90 Å². The molecule has 5 atom stereocenters. The molecule has 0 spiro atoms. The number of amides is 2. The molecule has 2 amide bonds. The minimum absolute atomic E-state index is 0.116. The molecule has 3 rings (SSSR count). The largest absolute Gasteiger partial charge is 0.345 e. The van der Waals surface area contributed by atoms with E-state index in [0.29, 0.717) is 37.6 Å². The van der Waals surface area contributed by atoms with Crippen molar-refractivity contribution in [3.63, 3.8) is 0 Å². The molecule has 5 nitrogen and oxygen atoms in total. The topological polar surface area (TPSA) is 66.5 Å². The van der Waals surface area contributed by atoms with Crippen molar-refractivity contribution in [3.05, 3.63) is 0 Å². The average Bonchev–Trinajstić information content (AvgIpc) is 3.21. The molecule has 2 heterocycles. The Kier molecular flexibility index (Phi) is 6.93. The molecule has 0 radical (unpaired) electrons. The number of carbonyl (C=O) groups is 3. The number of rotatable bonds is 2. The summed E-state index contributed by atoms with van der Waals surface area (Å²) in [6.45, 7) is 4.99. The van der Waals surface area contributed by atoms with Crippen LogP contribution in [0.25, 0.3) is 0 Å². The van der Waals surface area contributed by atoms with E-state index in [4.69, 9.17) is 0 Å². The van der Waals surface area contributed by atoms with Crippen LogP contribution in [0.15, 0.2) is 0 Å². The summed E-state index contributed by atoms with van der Waals surface area (Å²) in [7, 11) is 0. The van der Waals surface area contributed by atoms with Gasteiger partial charge in [-0.25, -0.2) is 0 Å². The Morgan fingerprint density at radius 1 is 1.00 bits per heavy atom. The third-order valence-corrected chi connectivity index (χ3v) is 7.02. The normalized spacial score (nSPS) is 36.1. The maximum absolute atomic E-state index is 12.9. The summed E-state index contributed by atoms with van der Waals surface area (Å²) in [5.41, 5.74) is 0. The lowest BCUT2D eigenvalue weighted by Gasteiger charge is -2.25. The van der Waals surface area contributed by atoms with Crippen molar-refractivity contribution in [1.82, 2.24) is 10.2 Å². The number of carbonyl (C=O) groups excluding carboxylic acids is 3. The number of aldehydes is 1. The maximum atomic E-state index is 12.9. The fourth-order valence-corrected chi connectivity index (χ4v) is 4.95. The first-order valence-electron chi connectivity index (χ1n) is 11.0. The molecular formula is C22H36N2O3. The van der Waals surface area contributed by atoms with Crippen LogP contribution in [-0.4, -0.2) is 41.6 Å². The third-order valence-electron chi connectivity index (χ3n) is 7.02. The van der Waals surface area contributed by atoms with Crippen LogP contribution in [0.5, 0.6) is 0 Å². The fraction of sp³-hybridized carbons (Fsp3) is 0.864. The Hall–Kier alpha value is -1.39. The van der Waals surface area contributed by atoms with Gasteiger partial charge < -0.3 is 15.0 Å². The standard InChI is InChI=1S/C22H36N2O3/c1-15(2)18-12-20-22(27)23-19(14-25)9-5-3-4-7-16-11-17(16)8-6-10-21(26)24(20)13-18/h14-20H,3-13H2,1-2H3,(H,23,27)/t16?,17?,18?,19-,20-/m0/s1. The van der Waals surface area contributed by atoms with E-state index < -0.39 is 12.1 Å². The molecular weight excluding hydrogens is 340 g/mol. The number of nitrogens with zero attached hydrogens (tertiary/aromatic N) is 1. The predicted molar refractivity (Wildman–Crippen MR) is 105 cm³/mol. The number of fused-ring (bicyclic) bond motifs is 2. The molecule has 152 valence electrons. The van der Waals surface area contributed by atoms with Gasteiger partial charge >= 0.3 is 0 Å². The van der Waals surface area contributed by atoms with Gasteiger partial charge in [-0.3, -0.25) is 9.59 Å². The van der Waals surface area contributed by atoms with Crippen molar-refractivity contribution < 1.29 is 14.4 Å². The van der Waals surface area contributed by atoms with Crippen LogP contribution in [0.2, 0.25) is 0 Å². The highest BCUT2D eigenvalue weighted by atomic mass is 16.2. The zero-order valence-corrected chi connectivity index (χ0v) is 17.0. The molecule has 3 unspecified atom stereocenters. The smallest absolute Gasteiger partial charge is 0.243 e. The van der Waals surface area contributed by atoms with Crippen molar-refractivity contribution in [3.8, 4) is 0 Å². The van der Waals surface area contributed by atoms with Gasteiger partial charge in [-0.2, -0.15) is 0 Å². The molecule has 1 N–H and O–H groups in total.